The van der Waals surface area contributed by atoms with Gasteiger partial charge in [-0.3, -0.25) is 4.79 Å². The molecule has 0 atom stereocenters. The maximum atomic E-state index is 12.3. The molecule has 0 fully saturated rings. The van der Waals surface area contributed by atoms with Gasteiger partial charge in [0.05, 0.1) is 21.8 Å². The van der Waals surface area contributed by atoms with Crippen LogP contribution in [-0.2, 0) is 0 Å². The molecule has 30 heavy (non-hydrogen) atoms. The molecule has 0 unspecified atom stereocenters. The van der Waals surface area contributed by atoms with Gasteiger partial charge in [-0.2, -0.15) is 5.10 Å². The number of fused-ring (bicyclic) bond motifs is 1. The van der Waals surface area contributed by atoms with E-state index in [4.69, 9.17) is 23.2 Å². The van der Waals surface area contributed by atoms with E-state index in [1.54, 1.807) is 18.3 Å². The van der Waals surface area contributed by atoms with Crippen LogP contribution >= 0.6 is 23.2 Å². The first kappa shape index (κ1) is 22.4. The molecule has 1 aliphatic rings. The third-order valence-corrected chi connectivity index (χ3v) is 6.07. The van der Waals surface area contributed by atoms with Crippen molar-refractivity contribution >= 4 is 46.6 Å². The van der Waals surface area contributed by atoms with Crippen LogP contribution in [0.2, 0.25) is 10.0 Å². The fourth-order valence-electron chi connectivity index (χ4n) is 4.16. The lowest BCUT2D eigenvalue weighted by molar-refractivity contribution is 0.0955. The average Bonchev–Trinajstić information content (AvgIpc) is 2.63. The van der Waals surface area contributed by atoms with E-state index in [-0.39, 0.29) is 11.4 Å². The number of hydrogen-bond acceptors (Lipinski definition) is 3. The average molecular weight is 444 g/mol. The molecule has 2 aromatic rings. The van der Waals surface area contributed by atoms with Crippen LogP contribution in [0.4, 0.5) is 5.69 Å². The van der Waals surface area contributed by atoms with E-state index in [0.29, 0.717) is 21.7 Å². The number of anilines is 1. The summed E-state index contributed by atoms with van der Waals surface area (Å²) < 4.78 is 0. The fraction of sp³-hybridized carbons (Fsp3) is 0.333. The number of carbonyl (C=O) groups is 1. The maximum absolute atomic E-state index is 12.3. The number of benzene rings is 2. The standard InChI is InChI=1S/C24H27Cl2N3O/c1-14(2)29-22-9-15(3)18(10-19(22)16(4)12-24(29,5)6)13-27-28-23(30)17-7-8-20(25)21(26)11-17/h7-14H,1-6H3,(H,28,30)/b27-13+. The third kappa shape index (κ3) is 4.40. The Balaban J connectivity index is 1.87. The minimum absolute atomic E-state index is 0.0544. The van der Waals surface area contributed by atoms with Crippen LogP contribution in [0.3, 0.4) is 0 Å². The summed E-state index contributed by atoms with van der Waals surface area (Å²) in [5, 5.41) is 4.89. The van der Waals surface area contributed by atoms with Crippen LogP contribution in [-0.4, -0.2) is 23.7 Å². The van der Waals surface area contributed by atoms with E-state index in [0.717, 1.165) is 11.1 Å². The monoisotopic (exact) mass is 443 g/mol. The first-order chi connectivity index (χ1) is 14.0. The van der Waals surface area contributed by atoms with Crippen molar-refractivity contribution in [3.63, 3.8) is 0 Å². The Morgan fingerprint density at radius 2 is 1.83 bits per heavy atom. The summed E-state index contributed by atoms with van der Waals surface area (Å²) in [6.45, 7) is 13.1. The summed E-state index contributed by atoms with van der Waals surface area (Å²) in [6.07, 6.45) is 3.98. The van der Waals surface area contributed by atoms with Crippen molar-refractivity contribution in [1.29, 1.82) is 0 Å². The smallest absolute Gasteiger partial charge is 0.271 e. The molecule has 1 N–H and O–H groups in total. The van der Waals surface area contributed by atoms with Crippen molar-refractivity contribution in [2.75, 3.05) is 4.90 Å². The lowest BCUT2D eigenvalue weighted by atomic mass is 9.86. The van der Waals surface area contributed by atoms with Gasteiger partial charge in [-0.25, -0.2) is 5.43 Å². The molecule has 0 aliphatic carbocycles. The Kier molecular flexibility index (Phi) is 6.30. The zero-order valence-electron chi connectivity index (χ0n) is 18.2. The van der Waals surface area contributed by atoms with Gasteiger partial charge in [0.15, 0.2) is 0 Å². The summed E-state index contributed by atoms with van der Waals surface area (Å²) in [5.74, 6) is -0.343. The van der Waals surface area contributed by atoms with Gasteiger partial charge in [-0.1, -0.05) is 29.3 Å². The van der Waals surface area contributed by atoms with E-state index in [1.165, 1.54) is 22.9 Å². The van der Waals surface area contributed by atoms with Gasteiger partial charge in [0.25, 0.3) is 5.91 Å². The van der Waals surface area contributed by atoms with Gasteiger partial charge in [0, 0.05) is 22.9 Å². The van der Waals surface area contributed by atoms with Crippen molar-refractivity contribution in [1.82, 2.24) is 5.43 Å². The SMILES string of the molecule is CC1=CC(C)(C)N(C(C)C)c2cc(C)c(/C=N/NC(=O)c3ccc(Cl)c(Cl)c3)cc21. The molecule has 2 aromatic carbocycles. The summed E-state index contributed by atoms with van der Waals surface area (Å²) in [7, 11) is 0. The second kappa shape index (κ2) is 8.44. The molecule has 3 rings (SSSR count). The van der Waals surface area contributed by atoms with Crippen LogP contribution in [0.1, 0.15) is 61.7 Å². The van der Waals surface area contributed by atoms with Crippen LogP contribution in [0.15, 0.2) is 41.5 Å². The van der Waals surface area contributed by atoms with E-state index in [9.17, 15) is 4.79 Å². The molecule has 0 spiro atoms. The molecule has 6 heteroatoms. The highest BCUT2D eigenvalue weighted by Crippen LogP contribution is 2.41. The normalized spacial score (nSPS) is 15.4. The number of nitrogens with one attached hydrogen (secondary N) is 1. The minimum Gasteiger partial charge on any atom is -0.360 e. The van der Waals surface area contributed by atoms with Gasteiger partial charge in [0.2, 0.25) is 0 Å². The molecule has 1 heterocycles. The molecule has 0 saturated heterocycles. The Bertz CT molecular complexity index is 1050. The number of aryl methyl sites for hydroxylation is 1. The van der Waals surface area contributed by atoms with Crippen LogP contribution < -0.4 is 10.3 Å². The summed E-state index contributed by atoms with van der Waals surface area (Å²) in [5.41, 5.74) is 8.60. The fourth-order valence-corrected chi connectivity index (χ4v) is 4.46. The van der Waals surface area contributed by atoms with Crippen molar-refractivity contribution in [3.8, 4) is 0 Å². The van der Waals surface area contributed by atoms with Crippen LogP contribution in [0.25, 0.3) is 5.57 Å². The topological polar surface area (TPSA) is 44.7 Å². The number of amides is 1. The van der Waals surface area contributed by atoms with Crippen molar-refractivity contribution < 1.29 is 4.79 Å². The molecular formula is C24H27Cl2N3O. The highest BCUT2D eigenvalue weighted by molar-refractivity contribution is 6.42. The molecule has 0 aromatic heterocycles. The first-order valence-corrected chi connectivity index (χ1v) is 10.7. The number of halogens is 2. The van der Waals surface area contributed by atoms with E-state index in [2.05, 4.69) is 75.2 Å². The van der Waals surface area contributed by atoms with E-state index in [1.807, 2.05) is 0 Å². The number of nitrogens with zero attached hydrogens (tertiary/aromatic N) is 2. The van der Waals surface area contributed by atoms with Crippen molar-refractivity contribution in [2.24, 2.45) is 5.10 Å². The van der Waals surface area contributed by atoms with Gasteiger partial charge >= 0.3 is 0 Å². The summed E-state index contributed by atoms with van der Waals surface area (Å²) >= 11 is 11.9. The first-order valence-electron chi connectivity index (χ1n) is 9.93. The number of hydrazone groups is 1. The van der Waals surface area contributed by atoms with Gasteiger partial charge in [-0.15, -0.1) is 0 Å². The number of hydrogen-bond donors (Lipinski definition) is 1. The molecule has 1 amide bonds. The second-order valence-electron chi connectivity index (χ2n) is 8.50. The Hall–Kier alpha value is -2.30. The third-order valence-electron chi connectivity index (χ3n) is 5.33. The van der Waals surface area contributed by atoms with Crippen LogP contribution in [0.5, 0.6) is 0 Å². The predicted molar refractivity (Wildman–Crippen MR) is 128 cm³/mol. The quantitative estimate of drug-likeness (QED) is 0.434. The lowest BCUT2D eigenvalue weighted by Gasteiger charge is -2.46. The number of allylic oxidation sites excluding steroid dienone is 1. The predicted octanol–water partition coefficient (Wildman–Crippen LogP) is 6.48. The minimum atomic E-state index is -0.343. The highest BCUT2D eigenvalue weighted by Gasteiger charge is 2.33. The zero-order valence-corrected chi connectivity index (χ0v) is 19.7. The van der Waals surface area contributed by atoms with E-state index < -0.39 is 0 Å². The molecule has 0 saturated carbocycles. The molecule has 0 radical (unpaired) electrons. The van der Waals surface area contributed by atoms with Crippen molar-refractivity contribution in [3.05, 3.63) is 68.7 Å². The Morgan fingerprint density at radius 3 is 2.47 bits per heavy atom. The largest absolute Gasteiger partial charge is 0.360 e. The number of rotatable bonds is 4. The number of carbonyl (C=O) groups excluding carboxylic acids is 1. The van der Waals surface area contributed by atoms with Crippen LogP contribution in [0, 0.1) is 6.92 Å². The van der Waals surface area contributed by atoms with E-state index >= 15 is 0 Å². The molecule has 4 nitrogen and oxygen atoms in total. The maximum Gasteiger partial charge on any atom is 0.271 e. The Labute approximate surface area is 188 Å². The summed E-state index contributed by atoms with van der Waals surface area (Å²) in [4.78, 5) is 14.8. The second-order valence-corrected chi connectivity index (χ2v) is 9.31. The zero-order chi connectivity index (χ0) is 22.2. The van der Waals surface area contributed by atoms with Gasteiger partial charge in [-0.05, 0) is 88.6 Å². The molecule has 1 aliphatic heterocycles. The summed E-state index contributed by atoms with van der Waals surface area (Å²) in [6, 6.07) is 9.43. The van der Waals surface area contributed by atoms with Crippen molar-refractivity contribution in [2.45, 2.75) is 53.1 Å². The van der Waals surface area contributed by atoms with Gasteiger partial charge in [0.1, 0.15) is 0 Å². The Morgan fingerprint density at radius 1 is 1.13 bits per heavy atom. The molecule has 0 bridgehead atoms. The highest BCUT2D eigenvalue weighted by atomic mass is 35.5. The van der Waals surface area contributed by atoms with Gasteiger partial charge < -0.3 is 4.90 Å². The molecule has 158 valence electrons. The molecular weight excluding hydrogens is 417 g/mol. The lowest BCUT2D eigenvalue weighted by Crippen LogP contribution is -2.49.